The van der Waals surface area contributed by atoms with Crippen molar-refractivity contribution in [1.29, 1.82) is 0 Å². The first-order valence-corrected chi connectivity index (χ1v) is 13.8. The Morgan fingerprint density at radius 2 is 2.05 bits per heavy atom. The maximum absolute atomic E-state index is 13.9. The second-order valence-corrected chi connectivity index (χ2v) is 11.1. The predicted octanol–water partition coefficient (Wildman–Crippen LogP) is 3.49. The number of carboxylic acid groups (broad SMARTS) is 1. The molecule has 2 N–H and O–H groups in total. The van der Waals surface area contributed by atoms with Gasteiger partial charge in [-0.2, -0.15) is 0 Å². The number of methoxy groups -OCH3 is 1. The highest BCUT2D eigenvalue weighted by Gasteiger charge is 2.54. The van der Waals surface area contributed by atoms with Gasteiger partial charge in [0.25, 0.3) is 5.91 Å². The van der Waals surface area contributed by atoms with E-state index in [2.05, 4.69) is 32.2 Å². The summed E-state index contributed by atoms with van der Waals surface area (Å²) in [6.07, 6.45) is 3.69. The van der Waals surface area contributed by atoms with Crippen molar-refractivity contribution < 1.29 is 24.3 Å². The molecule has 3 aliphatic rings. The number of imidazole rings is 1. The zero-order chi connectivity index (χ0) is 28.4. The quantitative estimate of drug-likeness (QED) is 0.332. The minimum Gasteiger partial charge on any atom is -0.494 e. The van der Waals surface area contributed by atoms with E-state index in [-0.39, 0.29) is 11.8 Å². The van der Waals surface area contributed by atoms with Crippen LogP contribution >= 0.6 is 0 Å². The molecule has 2 aliphatic carbocycles. The van der Waals surface area contributed by atoms with Gasteiger partial charge < -0.3 is 34.0 Å². The lowest BCUT2D eigenvalue weighted by molar-refractivity contribution is 0.0748. The Morgan fingerprint density at radius 1 is 1.22 bits per heavy atom. The summed E-state index contributed by atoms with van der Waals surface area (Å²) in [7, 11) is 4.98. The summed E-state index contributed by atoms with van der Waals surface area (Å²) < 4.78 is 10.0. The number of benzene rings is 1. The summed E-state index contributed by atoms with van der Waals surface area (Å²) in [5.41, 5.74) is 4.39. The molecule has 1 aliphatic heterocycles. The van der Waals surface area contributed by atoms with Gasteiger partial charge in [0, 0.05) is 43.2 Å². The SMILES string of the molecule is CON=C1C[C@@H]2CN(C(=O)c3cc(OC)c4c(c3)nc(-c3cc5cccnc5n3CC3CC3)n4C)[C@H]1[C@@H]2NC(=O)O. The Bertz CT molecular complexity index is 1740. The topological polar surface area (TPSA) is 136 Å². The number of carbonyl (C=O) groups excluding carboxylic acids is 1. The number of hydrogen-bond acceptors (Lipinski definition) is 7. The van der Waals surface area contributed by atoms with Gasteiger partial charge in [-0.05, 0) is 55.5 Å². The van der Waals surface area contributed by atoms with E-state index >= 15 is 0 Å². The number of pyridine rings is 1. The van der Waals surface area contributed by atoms with Gasteiger partial charge in [-0.15, -0.1) is 0 Å². The largest absolute Gasteiger partial charge is 0.494 e. The molecule has 7 rings (SSSR count). The molecule has 0 unspecified atom stereocenters. The van der Waals surface area contributed by atoms with Gasteiger partial charge in [0.2, 0.25) is 0 Å². The lowest BCUT2D eigenvalue weighted by Crippen LogP contribution is -2.48. The Morgan fingerprint density at radius 3 is 2.78 bits per heavy atom. The van der Waals surface area contributed by atoms with Gasteiger partial charge in [-0.1, -0.05) is 5.16 Å². The van der Waals surface area contributed by atoms with Crippen LogP contribution in [0.15, 0.2) is 41.7 Å². The van der Waals surface area contributed by atoms with Crippen LogP contribution in [-0.2, 0) is 18.4 Å². The van der Waals surface area contributed by atoms with Crippen molar-refractivity contribution in [2.75, 3.05) is 20.8 Å². The highest BCUT2D eigenvalue weighted by Crippen LogP contribution is 2.40. The Kier molecular flexibility index (Phi) is 5.87. The molecule has 212 valence electrons. The maximum atomic E-state index is 13.9. The summed E-state index contributed by atoms with van der Waals surface area (Å²) in [6.45, 7) is 1.30. The average molecular weight is 558 g/mol. The zero-order valence-corrected chi connectivity index (χ0v) is 23.1. The van der Waals surface area contributed by atoms with Crippen LogP contribution in [0.5, 0.6) is 5.75 Å². The van der Waals surface area contributed by atoms with Crippen molar-refractivity contribution in [3.05, 3.63) is 42.1 Å². The number of aromatic nitrogens is 4. The van der Waals surface area contributed by atoms with E-state index in [0.717, 1.165) is 34.6 Å². The van der Waals surface area contributed by atoms with Crippen molar-refractivity contribution in [3.8, 4) is 17.3 Å². The molecule has 2 saturated carbocycles. The van der Waals surface area contributed by atoms with Crippen LogP contribution in [0.3, 0.4) is 0 Å². The third-order valence-electron chi connectivity index (χ3n) is 8.61. The molecule has 1 aromatic carbocycles. The molecular formula is C29H31N7O5. The fourth-order valence-electron chi connectivity index (χ4n) is 6.66. The third kappa shape index (κ3) is 4.08. The monoisotopic (exact) mass is 557 g/mol. The number of nitrogens with one attached hydrogen (secondary N) is 1. The number of rotatable bonds is 7. The highest BCUT2D eigenvalue weighted by atomic mass is 16.6. The van der Waals surface area contributed by atoms with Crippen molar-refractivity contribution >= 4 is 39.8 Å². The minimum absolute atomic E-state index is 0.0805. The number of amides is 2. The second-order valence-electron chi connectivity index (χ2n) is 11.1. The van der Waals surface area contributed by atoms with E-state index < -0.39 is 18.2 Å². The first-order chi connectivity index (χ1) is 19.9. The van der Waals surface area contributed by atoms with Crippen LogP contribution in [0.4, 0.5) is 4.79 Å². The van der Waals surface area contributed by atoms with E-state index in [1.807, 2.05) is 23.9 Å². The summed E-state index contributed by atoms with van der Waals surface area (Å²) in [6, 6.07) is 8.68. The molecule has 4 aromatic rings. The van der Waals surface area contributed by atoms with Crippen LogP contribution in [0, 0.1) is 11.8 Å². The van der Waals surface area contributed by atoms with Gasteiger partial charge in [-0.25, -0.2) is 14.8 Å². The smallest absolute Gasteiger partial charge is 0.404 e. The Labute approximate surface area is 235 Å². The molecule has 3 fully saturated rings. The molecule has 3 aromatic heterocycles. The van der Waals surface area contributed by atoms with E-state index in [1.165, 1.54) is 20.0 Å². The normalized spacial score (nSPS) is 22.7. The number of hydrogen-bond donors (Lipinski definition) is 2. The second kappa shape index (κ2) is 9.50. The van der Waals surface area contributed by atoms with Crippen molar-refractivity contribution in [3.63, 3.8) is 0 Å². The predicted molar refractivity (Wildman–Crippen MR) is 151 cm³/mol. The summed E-state index contributed by atoms with van der Waals surface area (Å²) in [5.74, 6) is 1.62. The van der Waals surface area contributed by atoms with Crippen LogP contribution in [0.2, 0.25) is 0 Å². The van der Waals surface area contributed by atoms with E-state index in [0.29, 0.717) is 41.4 Å². The zero-order valence-electron chi connectivity index (χ0n) is 23.1. The van der Waals surface area contributed by atoms with Gasteiger partial charge in [0.1, 0.15) is 24.0 Å². The number of ether oxygens (including phenoxy) is 1. The molecular weight excluding hydrogens is 526 g/mol. The molecule has 1 saturated heterocycles. The van der Waals surface area contributed by atoms with Crippen LogP contribution in [0.25, 0.3) is 33.6 Å². The van der Waals surface area contributed by atoms with Crippen molar-refractivity contribution in [2.45, 2.75) is 37.9 Å². The van der Waals surface area contributed by atoms with E-state index in [4.69, 9.17) is 14.6 Å². The molecule has 4 heterocycles. The summed E-state index contributed by atoms with van der Waals surface area (Å²) in [4.78, 5) is 41.8. The number of oxime groups is 1. The Hall–Kier alpha value is -4.61. The van der Waals surface area contributed by atoms with E-state index in [1.54, 1.807) is 24.1 Å². The maximum Gasteiger partial charge on any atom is 0.404 e. The number of fused-ring (bicyclic) bond motifs is 4. The van der Waals surface area contributed by atoms with Gasteiger partial charge >= 0.3 is 6.09 Å². The average Bonchev–Trinajstić information content (AvgIpc) is 3.36. The van der Waals surface area contributed by atoms with Gasteiger partial charge in [-0.3, -0.25) is 4.79 Å². The number of aryl methyl sites for hydroxylation is 1. The summed E-state index contributed by atoms with van der Waals surface area (Å²) >= 11 is 0. The number of likely N-dealkylation sites (tertiary alicyclic amines) is 1. The molecule has 41 heavy (non-hydrogen) atoms. The van der Waals surface area contributed by atoms with Gasteiger partial charge in [0.15, 0.2) is 5.82 Å². The molecule has 2 amide bonds. The molecule has 0 spiro atoms. The molecule has 3 atom stereocenters. The lowest BCUT2D eigenvalue weighted by Gasteiger charge is -2.28. The molecule has 12 nitrogen and oxygen atoms in total. The fraction of sp³-hybridized carbons (Fsp3) is 0.414. The lowest BCUT2D eigenvalue weighted by atomic mass is 10.1. The third-order valence-corrected chi connectivity index (χ3v) is 8.61. The number of carbonyl (C=O) groups is 2. The standard InChI is InChI=1S/C29H31N7O5/c1-34-24-19(31-27(34)21-11-16-5-4-8-30-26(16)35(21)13-15-6-7-15)9-17(12-22(24)40-2)28(37)36-14-18-10-20(33-41-3)25(36)23(18)32-29(38)39/h4-5,8-9,11-12,15,18,23,25,32H,6-7,10,13-14H2,1-3H3,(H,38,39)/t18-,23-,25-/m1/s1. The molecule has 0 radical (unpaired) electrons. The number of nitrogens with zero attached hydrogens (tertiary/aromatic N) is 6. The van der Waals surface area contributed by atoms with Crippen LogP contribution in [0.1, 0.15) is 29.6 Å². The number of piperidine rings is 1. The minimum atomic E-state index is -1.13. The molecule has 12 heteroatoms. The van der Waals surface area contributed by atoms with Crippen LogP contribution < -0.4 is 10.1 Å². The summed E-state index contributed by atoms with van der Waals surface area (Å²) in [5, 5.41) is 17.2. The van der Waals surface area contributed by atoms with Crippen molar-refractivity contribution in [2.24, 2.45) is 24.0 Å². The van der Waals surface area contributed by atoms with E-state index in [9.17, 15) is 14.7 Å². The fourth-order valence-corrected chi connectivity index (χ4v) is 6.66. The molecule has 2 bridgehead atoms. The Balaban J connectivity index is 1.30. The van der Waals surface area contributed by atoms with Crippen LogP contribution in [-0.4, -0.2) is 79.7 Å². The first kappa shape index (κ1) is 25.4. The van der Waals surface area contributed by atoms with Crippen molar-refractivity contribution in [1.82, 2.24) is 29.3 Å². The van der Waals surface area contributed by atoms with Gasteiger partial charge in [0.05, 0.1) is 36.1 Å². The highest BCUT2D eigenvalue weighted by molar-refractivity contribution is 6.05. The first-order valence-electron chi connectivity index (χ1n) is 13.8.